The highest BCUT2D eigenvalue weighted by molar-refractivity contribution is 5.82. The third kappa shape index (κ3) is 3.85. The van der Waals surface area contributed by atoms with E-state index in [9.17, 15) is 9.59 Å². The Morgan fingerprint density at radius 3 is 2.06 bits per heavy atom. The van der Waals surface area contributed by atoms with Crippen LogP contribution in [0.15, 0.2) is 48.5 Å². The first-order valence-corrected chi connectivity index (χ1v) is 12.2. The van der Waals surface area contributed by atoms with Crippen molar-refractivity contribution in [3.8, 4) is 11.1 Å². The van der Waals surface area contributed by atoms with Gasteiger partial charge in [-0.25, -0.2) is 4.79 Å². The summed E-state index contributed by atoms with van der Waals surface area (Å²) in [6, 6.07) is 17.1. The first-order valence-electron chi connectivity index (χ1n) is 12.2. The number of ketones is 1. The summed E-state index contributed by atoms with van der Waals surface area (Å²) in [7, 11) is 0. The fourth-order valence-electron chi connectivity index (χ4n) is 6.04. The lowest BCUT2D eigenvalue weighted by Crippen LogP contribution is -2.48. The van der Waals surface area contributed by atoms with E-state index >= 15 is 0 Å². The number of nitrogens with zero attached hydrogens (tertiary/aromatic N) is 1. The fourth-order valence-corrected chi connectivity index (χ4v) is 6.04. The molecule has 168 valence electrons. The van der Waals surface area contributed by atoms with Gasteiger partial charge in [-0.3, -0.25) is 4.79 Å². The van der Waals surface area contributed by atoms with Gasteiger partial charge in [-0.1, -0.05) is 62.4 Å². The van der Waals surface area contributed by atoms with Crippen LogP contribution < -0.4 is 0 Å². The van der Waals surface area contributed by atoms with Crippen molar-refractivity contribution in [2.24, 2.45) is 11.8 Å². The third-order valence-corrected chi connectivity index (χ3v) is 7.70. The van der Waals surface area contributed by atoms with E-state index in [1.54, 1.807) is 0 Å². The SMILES string of the molecule is CC(C)CCC(=O)C1CC2CCC(C1)N2C(=O)OCC1c2ccccc2-c2ccccc21. The van der Waals surface area contributed by atoms with Gasteiger partial charge in [0.2, 0.25) is 0 Å². The monoisotopic (exact) mass is 431 g/mol. The second-order valence-electron chi connectivity index (χ2n) is 10.2. The Hall–Kier alpha value is -2.62. The second-order valence-corrected chi connectivity index (χ2v) is 10.2. The number of carbonyl (C=O) groups excluding carboxylic acids is 2. The molecule has 2 aromatic carbocycles. The lowest BCUT2D eigenvalue weighted by Gasteiger charge is -2.38. The summed E-state index contributed by atoms with van der Waals surface area (Å²) in [5.41, 5.74) is 4.95. The molecule has 4 nitrogen and oxygen atoms in total. The van der Waals surface area contributed by atoms with Gasteiger partial charge in [0, 0.05) is 30.3 Å². The van der Waals surface area contributed by atoms with Gasteiger partial charge in [0.1, 0.15) is 12.4 Å². The molecule has 2 atom stereocenters. The molecule has 0 N–H and O–H groups in total. The van der Waals surface area contributed by atoms with Crippen molar-refractivity contribution >= 4 is 11.9 Å². The van der Waals surface area contributed by atoms with Crippen molar-refractivity contribution in [3.05, 3.63) is 59.7 Å². The van der Waals surface area contributed by atoms with Crippen molar-refractivity contribution < 1.29 is 14.3 Å². The van der Waals surface area contributed by atoms with Crippen LogP contribution >= 0.6 is 0 Å². The zero-order chi connectivity index (χ0) is 22.2. The molecule has 2 bridgehead atoms. The summed E-state index contributed by atoms with van der Waals surface area (Å²) in [6.45, 7) is 4.69. The summed E-state index contributed by atoms with van der Waals surface area (Å²) >= 11 is 0. The fraction of sp³-hybridized carbons (Fsp3) is 0.500. The topological polar surface area (TPSA) is 46.6 Å². The Labute approximate surface area is 191 Å². The van der Waals surface area contributed by atoms with Gasteiger partial charge in [-0.05, 0) is 60.3 Å². The number of hydrogen-bond donors (Lipinski definition) is 0. The van der Waals surface area contributed by atoms with Crippen molar-refractivity contribution in [1.29, 1.82) is 0 Å². The zero-order valence-electron chi connectivity index (χ0n) is 19.1. The minimum atomic E-state index is -0.201. The summed E-state index contributed by atoms with van der Waals surface area (Å²) in [6.07, 6.45) is 5.02. The predicted molar refractivity (Wildman–Crippen MR) is 126 cm³/mol. The maximum absolute atomic E-state index is 13.1. The van der Waals surface area contributed by atoms with Crippen molar-refractivity contribution in [1.82, 2.24) is 4.90 Å². The van der Waals surface area contributed by atoms with Crippen LogP contribution in [0.3, 0.4) is 0 Å². The first-order chi connectivity index (χ1) is 15.5. The number of benzene rings is 2. The number of ether oxygens (including phenoxy) is 1. The number of amides is 1. The summed E-state index contributed by atoms with van der Waals surface area (Å²) in [5, 5.41) is 0. The number of Topliss-reactive ketones (excluding diaryl/α,β-unsaturated/α-hetero) is 1. The van der Waals surface area contributed by atoms with Crippen LogP contribution in [0.4, 0.5) is 4.79 Å². The Kier molecular flexibility index (Phi) is 5.79. The van der Waals surface area contributed by atoms with Gasteiger partial charge in [-0.15, -0.1) is 0 Å². The van der Waals surface area contributed by atoms with Crippen molar-refractivity contribution in [3.63, 3.8) is 0 Å². The highest BCUT2D eigenvalue weighted by Gasteiger charge is 2.45. The van der Waals surface area contributed by atoms with Crippen LogP contribution in [0.1, 0.15) is 69.4 Å². The third-order valence-electron chi connectivity index (χ3n) is 7.70. The average molecular weight is 432 g/mol. The molecule has 5 rings (SSSR count). The summed E-state index contributed by atoms with van der Waals surface area (Å²) < 4.78 is 5.94. The van der Waals surface area contributed by atoms with Crippen molar-refractivity contribution in [2.75, 3.05) is 6.61 Å². The molecule has 3 aliphatic rings. The highest BCUT2D eigenvalue weighted by Crippen LogP contribution is 2.45. The molecule has 0 saturated carbocycles. The van der Waals surface area contributed by atoms with Crippen LogP contribution in [0.5, 0.6) is 0 Å². The zero-order valence-corrected chi connectivity index (χ0v) is 19.1. The molecule has 1 amide bonds. The second kappa shape index (κ2) is 8.73. The smallest absolute Gasteiger partial charge is 0.410 e. The molecule has 0 spiro atoms. The maximum atomic E-state index is 13.1. The normalized spacial score (nSPS) is 23.8. The average Bonchev–Trinajstić information content (AvgIpc) is 3.26. The number of hydrogen-bond acceptors (Lipinski definition) is 3. The quantitative estimate of drug-likeness (QED) is 0.548. The molecular weight excluding hydrogens is 398 g/mol. The first kappa shape index (κ1) is 21.2. The molecule has 2 heterocycles. The standard InChI is InChI=1S/C28H33NO3/c1-18(2)11-14-27(30)19-15-20-12-13-21(16-19)29(20)28(31)32-17-26-24-9-5-3-7-22(24)23-8-4-6-10-25(23)26/h3-10,18-21,26H,11-17H2,1-2H3. The number of rotatable bonds is 6. The van der Waals surface area contributed by atoms with E-state index in [2.05, 4.69) is 62.4 Å². The van der Waals surface area contributed by atoms with E-state index in [0.717, 1.165) is 32.1 Å². The maximum Gasteiger partial charge on any atom is 0.410 e. The molecule has 2 aliphatic heterocycles. The Morgan fingerprint density at radius 1 is 0.938 bits per heavy atom. The van der Waals surface area contributed by atoms with E-state index in [1.807, 2.05) is 4.90 Å². The van der Waals surface area contributed by atoms with E-state index < -0.39 is 0 Å². The van der Waals surface area contributed by atoms with Gasteiger partial charge < -0.3 is 9.64 Å². The minimum Gasteiger partial charge on any atom is -0.448 e. The van der Waals surface area contributed by atoms with Crippen molar-refractivity contribution in [2.45, 2.75) is 70.4 Å². The number of fused-ring (bicyclic) bond motifs is 5. The van der Waals surface area contributed by atoms with Gasteiger partial charge in [-0.2, -0.15) is 0 Å². The molecule has 2 aromatic rings. The van der Waals surface area contributed by atoms with Gasteiger partial charge in [0.05, 0.1) is 0 Å². The largest absolute Gasteiger partial charge is 0.448 e. The number of carbonyl (C=O) groups is 2. The van der Waals surface area contributed by atoms with Gasteiger partial charge in [0.15, 0.2) is 0 Å². The Bertz CT molecular complexity index is 954. The van der Waals surface area contributed by atoms with E-state index in [1.165, 1.54) is 22.3 Å². The molecular formula is C28H33NO3. The molecule has 4 heteroatoms. The van der Waals surface area contributed by atoms with E-state index in [0.29, 0.717) is 24.7 Å². The molecule has 2 fully saturated rings. The molecule has 0 radical (unpaired) electrons. The Morgan fingerprint density at radius 2 is 1.50 bits per heavy atom. The lowest BCUT2D eigenvalue weighted by molar-refractivity contribution is -0.125. The van der Waals surface area contributed by atoms with Gasteiger partial charge >= 0.3 is 6.09 Å². The predicted octanol–water partition coefficient (Wildman–Crippen LogP) is 6.18. The molecule has 32 heavy (non-hydrogen) atoms. The molecule has 1 aliphatic carbocycles. The number of piperidine rings is 1. The lowest BCUT2D eigenvalue weighted by atomic mass is 9.85. The van der Waals surface area contributed by atoms with E-state index in [-0.39, 0.29) is 30.0 Å². The van der Waals surface area contributed by atoms with Crippen LogP contribution in [0, 0.1) is 11.8 Å². The van der Waals surface area contributed by atoms with Crippen LogP contribution in [-0.2, 0) is 9.53 Å². The molecule has 2 saturated heterocycles. The van der Waals surface area contributed by atoms with E-state index in [4.69, 9.17) is 4.74 Å². The van der Waals surface area contributed by atoms with Crippen LogP contribution in [-0.4, -0.2) is 35.5 Å². The van der Waals surface area contributed by atoms with Gasteiger partial charge in [0.25, 0.3) is 0 Å². The summed E-state index contributed by atoms with van der Waals surface area (Å²) in [4.78, 5) is 27.8. The highest BCUT2D eigenvalue weighted by atomic mass is 16.6. The van der Waals surface area contributed by atoms with Crippen LogP contribution in [0.25, 0.3) is 11.1 Å². The molecule has 2 unspecified atom stereocenters. The van der Waals surface area contributed by atoms with Crippen LogP contribution in [0.2, 0.25) is 0 Å². The molecule has 0 aromatic heterocycles. The minimum absolute atomic E-state index is 0.0825. The Balaban J connectivity index is 1.24. The summed E-state index contributed by atoms with van der Waals surface area (Å²) in [5.74, 6) is 1.14.